The first-order valence-corrected chi connectivity index (χ1v) is 3.94. The van der Waals surface area contributed by atoms with Gasteiger partial charge in [-0.15, -0.1) is 12.4 Å². The molecule has 0 heterocycles. The first kappa shape index (κ1) is 13.8. The Labute approximate surface area is 75.8 Å². The molecule has 0 aliphatic carbocycles. The fourth-order valence-electron chi connectivity index (χ4n) is 0.631. The van der Waals surface area contributed by atoms with Crippen molar-refractivity contribution in [1.29, 1.82) is 0 Å². The van der Waals surface area contributed by atoms with E-state index in [0.29, 0.717) is 12.0 Å². The van der Waals surface area contributed by atoms with Gasteiger partial charge in [0.15, 0.2) is 0 Å². The number of aliphatic hydroxyl groups excluding tert-OH is 1. The SMILES string of the molecule is CCC(C)(C)CNCCO.Cl. The predicted octanol–water partition coefficient (Wildman–Crippen LogP) is 1.43. The summed E-state index contributed by atoms with van der Waals surface area (Å²) in [6.45, 7) is 8.56. The third-order valence-electron chi connectivity index (χ3n) is 1.85. The lowest BCUT2D eigenvalue weighted by Gasteiger charge is -2.22. The molecular formula is C8H20ClNO. The summed E-state index contributed by atoms with van der Waals surface area (Å²) in [5.41, 5.74) is 0.370. The van der Waals surface area contributed by atoms with Crippen LogP contribution in [0.3, 0.4) is 0 Å². The van der Waals surface area contributed by atoms with Crippen molar-refractivity contribution in [3.8, 4) is 0 Å². The van der Waals surface area contributed by atoms with Crippen molar-refractivity contribution in [2.45, 2.75) is 27.2 Å². The summed E-state index contributed by atoms with van der Waals surface area (Å²) in [5, 5.41) is 11.6. The van der Waals surface area contributed by atoms with E-state index in [1.54, 1.807) is 0 Å². The highest BCUT2D eigenvalue weighted by molar-refractivity contribution is 5.85. The predicted molar refractivity (Wildman–Crippen MR) is 51.3 cm³/mol. The van der Waals surface area contributed by atoms with E-state index in [1.165, 1.54) is 6.42 Å². The lowest BCUT2D eigenvalue weighted by Crippen LogP contribution is -2.30. The smallest absolute Gasteiger partial charge is 0.0555 e. The summed E-state index contributed by atoms with van der Waals surface area (Å²) >= 11 is 0. The standard InChI is InChI=1S/C8H19NO.ClH/c1-4-8(2,3)7-9-5-6-10;/h9-10H,4-7H2,1-3H3;1H. The molecule has 0 aromatic carbocycles. The largest absolute Gasteiger partial charge is 0.395 e. The molecule has 0 atom stereocenters. The number of halogens is 1. The third-order valence-corrected chi connectivity index (χ3v) is 1.85. The molecule has 0 aliphatic heterocycles. The van der Waals surface area contributed by atoms with Crippen LogP contribution in [0, 0.1) is 5.41 Å². The van der Waals surface area contributed by atoms with Crippen LogP contribution in [-0.4, -0.2) is 24.8 Å². The topological polar surface area (TPSA) is 32.3 Å². The van der Waals surface area contributed by atoms with Gasteiger partial charge in [0.2, 0.25) is 0 Å². The zero-order valence-electron chi connectivity index (χ0n) is 7.68. The molecule has 70 valence electrons. The molecule has 0 bridgehead atoms. The molecule has 0 fully saturated rings. The Kier molecular flexibility index (Phi) is 8.63. The van der Waals surface area contributed by atoms with E-state index in [0.717, 1.165) is 6.54 Å². The van der Waals surface area contributed by atoms with E-state index in [4.69, 9.17) is 5.11 Å². The minimum atomic E-state index is 0. The molecule has 0 unspecified atom stereocenters. The fraction of sp³-hybridized carbons (Fsp3) is 1.00. The summed E-state index contributed by atoms with van der Waals surface area (Å²) in [7, 11) is 0. The summed E-state index contributed by atoms with van der Waals surface area (Å²) in [4.78, 5) is 0. The molecule has 0 saturated heterocycles. The Hall–Kier alpha value is 0.210. The van der Waals surface area contributed by atoms with E-state index in [-0.39, 0.29) is 19.0 Å². The van der Waals surface area contributed by atoms with Gasteiger partial charge in [-0.1, -0.05) is 20.8 Å². The Morgan fingerprint density at radius 1 is 1.36 bits per heavy atom. The lowest BCUT2D eigenvalue weighted by atomic mass is 9.90. The third kappa shape index (κ3) is 8.11. The minimum Gasteiger partial charge on any atom is -0.395 e. The van der Waals surface area contributed by atoms with Gasteiger partial charge in [0, 0.05) is 13.1 Å². The van der Waals surface area contributed by atoms with Crippen molar-refractivity contribution in [2.24, 2.45) is 5.41 Å². The molecule has 3 heteroatoms. The molecule has 0 rings (SSSR count). The van der Waals surface area contributed by atoms with E-state index in [1.807, 2.05) is 0 Å². The monoisotopic (exact) mass is 181 g/mol. The van der Waals surface area contributed by atoms with Crippen LogP contribution < -0.4 is 5.32 Å². The van der Waals surface area contributed by atoms with Crippen LogP contribution >= 0.6 is 12.4 Å². The molecule has 0 aliphatic rings. The molecule has 0 radical (unpaired) electrons. The van der Waals surface area contributed by atoms with E-state index in [9.17, 15) is 0 Å². The number of hydrogen-bond acceptors (Lipinski definition) is 2. The van der Waals surface area contributed by atoms with Gasteiger partial charge >= 0.3 is 0 Å². The molecule has 0 aromatic heterocycles. The Balaban J connectivity index is 0. The van der Waals surface area contributed by atoms with Crippen LogP contribution in [0.25, 0.3) is 0 Å². The van der Waals surface area contributed by atoms with Crippen LogP contribution in [0.2, 0.25) is 0 Å². The first-order chi connectivity index (χ1) is 4.62. The zero-order valence-corrected chi connectivity index (χ0v) is 8.50. The van der Waals surface area contributed by atoms with Gasteiger partial charge in [0.25, 0.3) is 0 Å². The fourth-order valence-corrected chi connectivity index (χ4v) is 0.631. The van der Waals surface area contributed by atoms with E-state index in [2.05, 4.69) is 26.1 Å². The highest BCUT2D eigenvalue weighted by Gasteiger charge is 2.13. The number of hydrogen-bond donors (Lipinski definition) is 2. The van der Waals surface area contributed by atoms with Gasteiger partial charge in [0.05, 0.1) is 6.61 Å². The summed E-state index contributed by atoms with van der Waals surface area (Å²) in [6, 6.07) is 0. The average Bonchev–Trinajstić information content (AvgIpc) is 1.89. The molecular weight excluding hydrogens is 162 g/mol. The zero-order chi connectivity index (χ0) is 8.04. The van der Waals surface area contributed by atoms with Gasteiger partial charge in [-0.2, -0.15) is 0 Å². The Bertz CT molecular complexity index is 86.2. The molecule has 0 amide bonds. The summed E-state index contributed by atoms with van der Waals surface area (Å²) in [5.74, 6) is 0. The van der Waals surface area contributed by atoms with Gasteiger partial charge in [-0.25, -0.2) is 0 Å². The van der Waals surface area contributed by atoms with Crippen LogP contribution in [0.4, 0.5) is 0 Å². The van der Waals surface area contributed by atoms with Crippen molar-refractivity contribution < 1.29 is 5.11 Å². The molecule has 2 nitrogen and oxygen atoms in total. The second kappa shape index (κ2) is 6.89. The van der Waals surface area contributed by atoms with Crippen molar-refractivity contribution in [3.63, 3.8) is 0 Å². The van der Waals surface area contributed by atoms with Crippen molar-refractivity contribution in [2.75, 3.05) is 19.7 Å². The Morgan fingerprint density at radius 3 is 2.27 bits per heavy atom. The highest BCUT2D eigenvalue weighted by Crippen LogP contribution is 2.17. The maximum atomic E-state index is 8.47. The quantitative estimate of drug-likeness (QED) is 0.629. The lowest BCUT2D eigenvalue weighted by molar-refractivity contribution is 0.269. The van der Waals surface area contributed by atoms with Crippen LogP contribution in [-0.2, 0) is 0 Å². The average molecular weight is 182 g/mol. The number of aliphatic hydroxyl groups is 1. The number of rotatable bonds is 5. The van der Waals surface area contributed by atoms with Crippen LogP contribution in [0.5, 0.6) is 0 Å². The van der Waals surface area contributed by atoms with E-state index >= 15 is 0 Å². The molecule has 0 aromatic rings. The maximum Gasteiger partial charge on any atom is 0.0555 e. The summed E-state index contributed by atoms with van der Waals surface area (Å²) < 4.78 is 0. The highest BCUT2D eigenvalue weighted by atomic mass is 35.5. The van der Waals surface area contributed by atoms with Crippen molar-refractivity contribution >= 4 is 12.4 Å². The second-order valence-electron chi connectivity index (χ2n) is 3.42. The van der Waals surface area contributed by atoms with Gasteiger partial charge in [-0.3, -0.25) is 0 Å². The van der Waals surface area contributed by atoms with Gasteiger partial charge < -0.3 is 10.4 Å². The summed E-state index contributed by atoms with van der Waals surface area (Å²) in [6.07, 6.45) is 1.17. The van der Waals surface area contributed by atoms with Gasteiger partial charge in [-0.05, 0) is 11.8 Å². The van der Waals surface area contributed by atoms with Crippen molar-refractivity contribution in [3.05, 3.63) is 0 Å². The van der Waals surface area contributed by atoms with Crippen molar-refractivity contribution in [1.82, 2.24) is 5.32 Å². The van der Waals surface area contributed by atoms with Gasteiger partial charge in [0.1, 0.15) is 0 Å². The first-order valence-electron chi connectivity index (χ1n) is 3.94. The molecule has 0 saturated carbocycles. The maximum absolute atomic E-state index is 8.47. The molecule has 2 N–H and O–H groups in total. The number of nitrogens with one attached hydrogen (secondary N) is 1. The van der Waals surface area contributed by atoms with E-state index < -0.39 is 0 Å². The Morgan fingerprint density at radius 2 is 1.91 bits per heavy atom. The normalized spacial score (nSPS) is 10.9. The molecule has 11 heavy (non-hydrogen) atoms. The van der Waals surface area contributed by atoms with Crippen LogP contribution in [0.1, 0.15) is 27.2 Å². The molecule has 0 spiro atoms. The minimum absolute atomic E-state index is 0. The van der Waals surface area contributed by atoms with Crippen LogP contribution in [0.15, 0.2) is 0 Å². The second-order valence-corrected chi connectivity index (χ2v) is 3.42.